The van der Waals surface area contributed by atoms with E-state index < -0.39 is 12.1 Å². The molecule has 23 heavy (non-hydrogen) atoms. The van der Waals surface area contributed by atoms with Crippen molar-refractivity contribution in [2.75, 3.05) is 13.1 Å². The van der Waals surface area contributed by atoms with Crippen molar-refractivity contribution in [1.82, 2.24) is 10.6 Å². The number of benzene rings is 1. The van der Waals surface area contributed by atoms with Crippen molar-refractivity contribution in [2.24, 2.45) is 0 Å². The Morgan fingerprint density at radius 1 is 1.22 bits per heavy atom. The molecule has 1 aromatic rings. The van der Waals surface area contributed by atoms with Crippen LogP contribution in [0.1, 0.15) is 39.2 Å². The van der Waals surface area contributed by atoms with Gasteiger partial charge in [0, 0.05) is 12.6 Å². The second kappa shape index (κ2) is 13.6. The maximum absolute atomic E-state index is 11.7. The summed E-state index contributed by atoms with van der Waals surface area (Å²) in [6, 6.07) is 9.28. The van der Waals surface area contributed by atoms with Crippen LogP contribution in [0, 0.1) is 0 Å². The molecule has 0 saturated carbocycles. The summed E-state index contributed by atoms with van der Waals surface area (Å²) in [7, 11) is 0. The summed E-state index contributed by atoms with van der Waals surface area (Å²) in [5.74, 6) is -0.920. The first-order valence-corrected chi connectivity index (χ1v) is 8.01. The first kappa shape index (κ1) is 20.9. The monoisotopic (exact) mass is 324 g/mol. The fraction of sp³-hybridized carbons (Fsp3) is 0.529. The molecule has 0 aliphatic heterocycles. The minimum atomic E-state index is -0.920. The average molecular weight is 324 g/mol. The Bertz CT molecular complexity index is 437. The number of hydrogen-bond acceptors (Lipinski definition) is 4. The molecule has 0 fully saturated rings. The Morgan fingerprint density at radius 2 is 1.87 bits per heavy atom. The zero-order valence-electron chi connectivity index (χ0n) is 14.2. The molecule has 0 radical (unpaired) electrons. The van der Waals surface area contributed by atoms with Gasteiger partial charge in [-0.05, 0) is 12.0 Å². The maximum atomic E-state index is 11.7. The van der Waals surface area contributed by atoms with Crippen LogP contribution in [0.4, 0.5) is 4.79 Å². The van der Waals surface area contributed by atoms with Gasteiger partial charge in [-0.15, -0.1) is 0 Å². The topological polar surface area (TPSA) is 87.7 Å². The van der Waals surface area contributed by atoms with Crippen LogP contribution < -0.4 is 10.6 Å². The van der Waals surface area contributed by atoms with Crippen molar-refractivity contribution >= 4 is 12.1 Å². The van der Waals surface area contributed by atoms with Gasteiger partial charge < -0.3 is 20.5 Å². The van der Waals surface area contributed by atoms with Crippen LogP contribution in [0.2, 0.25) is 0 Å². The highest BCUT2D eigenvalue weighted by atomic mass is 16.5. The van der Waals surface area contributed by atoms with Crippen molar-refractivity contribution in [2.45, 2.75) is 46.3 Å². The number of carboxylic acid groups (broad SMARTS) is 1. The molecule has 0 spiro atoms. The third kappa shape index (κ3) is 11.2. The van der Waals surface area contributed by atoms with Crippen molar-refractivity contribution in [1.29, 1.82) is 0 Å². The standard InChI is InChI=1S/C15H22N2O4.C2H6/c1-2-6-13(9-16-10-14(18)19)17-15(20)21-11-12-7-4-3-5-8-12;1-2/h3-5,7-8,13,16H,2,6,9-11H2,1H3,(H,17,20)(H,18,19);1-2H3/t13-;/m0./s1. The lowest BCUT2D eigenvalue weighted by molar-refractivity contribution is -0.135. The molecule has 0 bridgehead atoms. The van der Waals surface area contributed by atoms with Gasteiger partial charge in [-0.1, -0.05) is 57.5 Å². The number of carbonyl (C=O) groups excluding carboxylic acids is 1. The van der Waals surface area contributed by atoms with Crippen molar-refractivity contribution in [3.05, 3.63) is 35.9 Å². The summed E-state index contributed by atoms with van der Waals surface area (Å²) in [5.41, 5.74) is 0.920. The summed E-state index contributed by atoms with van der Waals surface area (Å²) < 4.78 is 5.14. The number of nitrogens with one attached hydrogen (secondary N) is 2. The van der Waals surface area contributed by atoms with Crippen LogP contribution in [0.5, 0.6) is 0 Å². The van der Waals surface area contributed by atoms with Gasteiger partial charge in [0.2, 0.25) is 0 Å². The quantitative estimate of drug-likeness (QED) is 0.650. The van der Waals surface area contributed by atoms with E-state index in [1.165, 1.54) is 0 Å². The molecule has 6 heteroatoms. The van der Waals surface area contributed by atoms with E-state index in [9.17, 15) is 9.59 Å². The van der Waals surface area contributed by atoms with Crippen LogP contribution >= 0.6 is 0 Å². The molecular weight excluding hydrogens is 296 g/mol. The first-order valence-electron chi connectivity index (χ1n) is 8.01. The molecule has 0 aliphatic rings. The van der Waals surface area contributed by atoms with E-state index in [1.807, 2.05) is 51.1 Å². The summed E-state index contributed by atoms with van der Waals surface area (Å²) in [4.78, 5) is 22.2. The first-order chi connectivity index (χ1) is 11.1. The number of ether oxygens (including phenoxy) is 1. The minimum absolute atomic E-state index is 0.124. The molecule has 130 valence electrons. The lowest BCUT2D eigenvalue weighted by Crippen LogP contribution is -2.43. The Labute approximate surface area is 138 Å². The molecule has 0 aromatic heterocycles. The third-order valence-electron chi connectivity index (χ3n) is 2.84. The number of carboxylic acids is 1. The largest absolute Gasteiger partial charge is 0.480 e. The van der Waals surface area contributed by atoms with E-state index in [0.29, 0.717) is 6.54 Å². The van der Waals surface area contributed by atoms with E-state index in [-0.39, 0.29) is 19.2 Å². The van der Waals surface area contributed by atoms with Gasteiger partial charge in [-0.25, -0.2) is 4.79 Å². The summed E-state index contributed by atoms with van der Waals surface area (Å²) >= 11 is 0. The van der Waals surface area contributed by atoms with Gasteiger partial charge in [-0.2, -0.15) is 0 Å². The second-order valence-corrected chi connectivity index (χ2v) is 4.72. The molecular formula is C17H28N2O4. The third-order valence-corrected chi connectivity index (χ3v) is 2.84. The zero-order valence-corrected chi connectivity index (χ0v) is 14.2. The van der Waals surface area contributed by atoms with Crippen LogP contribution in [-0.4, -0.2) is 36.3 Å². The average Bonchev–Trinajstić information content (AvgIpc) is 2.55. The van der Waals surface area contributed by atoms with Crippen LogP contribution in [0.3, 0.4) is 0 Å². The number of carbonyl (C=O) groups is 2. The maximum Gasteiger partial charge on any atom is 0.407 e. The predicted octanol–water partition coefficient (Wildman–Crippen LogP) is 2.78. The van der Waals surface area contributed by atoms with E-state index in [0.717, 1.165) is 18.4 Å². The zero-order chi connectivity index (χ0) is 17.5. The highest BCUT2D eigenvalue weighted by Crippen LogP contribution is 2.02. The van der Waals surface area contributed by atoms with E-state index >= 15 is 0 Å². The van der Waals surface area contributed by atoms with Crippen LogP contribution in [-0.2, 0) is 16.1 Å². The Hall–Kier alpha value is -2.08. The number of amides is 1. The smallest absolute Gasteiger partial charge is 0.407 e. The second-order valence-electron chi connectivity index (χ2n) is 4.72. The van der Waals surface area contributed by atoms with Gasteiger partial charge in [-0.3, -0.25) is 4.79 Å². The minimum Gasteiger partial charge on any atom is -0.480 e. The van der Waals surface area contributed by atoms with E-state index in [2.05, 4.69) is 10.6 Å². The van der Waals surface area contributed by atoms with Crippen LogP contribution in [0.15, 0.2) is 30.3 Å². The molecule has 1 rings (SSSR count). The summed E-state index contributed by atoms with van der Waals surface area (Å²) in [5, 5.41) is 14.1. The molecule has 1 atom stereocenters. The summed E-state index contributed by atoms with van der Waals surface area (Å²) in [6.07, 6.45) is 1.15. The fourth-order valence-electron chi connectivity index (χ4n) is 1.86. The molecule has 0 unspecified atom stereocenters. The predicted molar refractivity (Wildman–Crippen MR) is 90.3 cm³/mol. The number of aliphatic carboxylic acids is 1. The molecule has 1 aromatic carbocycles. The Balaban J connectivity index is 0.00000232. The number of hydrogen-bond donors (Lipinski definition) is 3. The molecule has 0 aliphatic carbocycles. The Morgan fingerprint density at radius 3 is 2.43 bits per heavy atom. The number of alkyl carbamates (subject to hydrolysis) is 1. The van der Waals surface area contributed by atoms with Gasteiger partial charge in [0.25, 0.3) is 0 Å². The Kier molecular flexibility index (Phi) is 12.3. The highest BCUT2D eigenvalue weighted by Gasteiger charge is 2.12. The number of rotatable bonds is 9. The normalized spacial score (nSPS) is 10.9. The van der Waals surface area contributed by atoms with Crippen molar-refractivity contribution in [3.8, 4) is 0 Å². The van der Waals surface area contributed by atoms with E-state index in [1.54, 1.807) is 0 Å². The van der Waals surface area contributed by atoms with Gasteiger partial charge in [0.1, 0.15) is 6.61 Å². The highest BCUT2D eigenvalue weighted by molar-refractivity contribution is 5.69. The fourth-order valence-corrected chi connectivity index (χ4v) is 1.86. The molecule has 6 nitrogen and oxygen atoms in total. The lowest BCUT2D eigenvalue weighted by Gasteiger charge is -2.18. The SMILES string of the molecule is CC.CCC[C@@H](CNCC(=O)O)NC(=O)OCc1ccccc1. The van der Waals surface area contributed by atoms with Crippen molar-refractivity contribution < 1.29 is 19.4 Å². The molecule has 0 saturated heterocycles. The van der Waals surface area contributed by atoms with Crippen molar-refractivity contribution in [3.63, 3.8) is 0 Å². The summed E-state index contributed by atoms with van der Waals surface area (Å²) in [6.45, 7) is 6.50. The van der Waals surface area contributed by atoms with Gasteiger partial charge in [0.05, 0.1) is 6.54 Å². The molecule has 0 heterocycles. The van der Waals surface area contributed by atoms with Gasteiger partial charge in [0.15, 0.2) is 0 Å². The molecule has 3 N–H and O–H groups in total. The van der Waals surface area contributed by atoms with E-state index in [4.69, 9.17) is 9.84 Å². The molecule has 1 amide bonds. The van der Waals surface area contributed by atoms with Gasteiger partial charge >= 0.3 is 12.1 Å². The van der Waals surface area contributed by atoms with Crippen LogP contribution in [0.25, 0.3) is 0 Å². The lowest BCUT2D eigenvalue weighted by atomic mass is 10.1.